The molecule has 0 saturated carbocycles. The van der Waals surface area contributed by atoms with Crippen molar-refractivity contribution < 1.29 is 9.53 Å². The van der Waals surface area contributed by atoms with Gasteiger partial charge in [-0.3, -0.25) is 0 Å². The lowest BCUT2D eigenvalue weighted by atomic mass is 10.1. The largest absolute Gasteiger partial charge is 0.443 e. The maximum Gasteiger partial charge on any atom is 0.405 e. The average Bonchev–Trinajstić information content (AvgIpc) is 1.59. The van der Waals surface area contributed by atoms with Crippen molar-refractivity contribution in [1.29, 1.82) is 0 Å². The van der Waals surface area contributed by atoms with E-state index < -0.39 is 11.7 Å². The monoisotopic (exact) mass is 161 g/mol. The van der Waals surface area contributed by atoms with Crippen LogP contribution in [0.3, 0.4) is 0 Å². The first-order valence-corrected chi connectivity index (χ1v) is 3.37. The number of carbonyl (C=O) groups is 1. The van der Waals surface area contributed by atoms with E-state index in [-0.39, 0.29) is 0 Å². The van der Waals surface area contributed by atoms with Crippen LogP contribution in [0.25, 0.3) is 0 Å². The quantitative estimate of drug-likeness (QED) is 0.634. The molecule has 0 aliphatic heterocycles. The summed E-state index contributed by atoms with van der Waals surface area (Å²) in [6.45, 7) is 3.50. The summed E-state index contributed by atoms with van der Waals surface area (Å²) in [5, 5.41) is 1.52. The van der Waals surface area contributed by atoms with Crippen LogP contribution in [-0.4, -0.2) is 17.1 Å². The summed E-state index contributed by atoms with van der Waals surface area (Å²) in [5.74, 6) is 0. The molecule has 3 nitrogen and oxygen atoms in total. The van der Waals surface area contributed by atoms with Crippen LogP contribution in [0.15, 0.2) is 0 Å². The lowest BCUT2D eigenvalue weighted by Gasteiger charge is -2.21. The normalized spacial score (nSPS) is 10.6. The van der Waals surface area contributed by atoms with Crippen molar-refractivity contribution in [2.75, 3.05) is 0 Å². The van der Waals surface area contributed by atoms with Gasteiger partial charge in [0.05, 0.1) is 0 Å². The maximum absolute atomic E-state index is 10.2. The molecule has 0 aromatic heterocycles. The molecule has 1 amide bonds. The van der Waals surface area contributed by atoms with Gasteiger partial charge in [-0.15, -0.1) is 0 Å². The number of primary amides is 1. The van der Waals surface area contributed by atoms with Gasteiger partial charge < -0.3 is 10.5 Å². The van der Waals surface area contributed by atoms with E-state index in [4.69, 9.17) is 10.5 Å². The molecule has 4 heteroatoms. The van der Waals surface area contributed by atoms with Gasteiger partial charge in [0.25, 0.3) is 0 Å². The first-order valence-electron chi connectivity index (χ1n) is 2.90. The Morgan fingerprint density at radius 1 is 1.80 bits per heavy atom. The van der Waals surface area contributed by atoms with Gasteiger partial charge in [0.15, 0.2) is 0 Å². The van der Waals surface area contributed by atoms with Crippen molar-refractivity contribution in [3.63, 3.8) is 0 Å². The molecule has 2 N–H and O–H groups in total. The third-order valence-corrected chi connectivity index (χ3v) is 1.12. The summed E-state index contributed by atoms with van der Waals surface area (Å²) in [6, 6.07) is 0. The number of hydrogen-bond acceptors (Lipinski definition) is 3. The third-order valence-electron chi connectivity index (χ3n) is 0.952. The van der Waals surface area contributed by atoms with Crippen molar-refractivity contribution >= 4 is 23.7 Å². The van der Waals surface area contributed by atoms with Gasteiger partial charge in [0, 0.05) is 6.42 Å². The van der Waals surface area contributed by atoms with Gasteiger partial charge in [-0.1, -0.05) is 12.2 Å². The van der Waals surface area contributed by atoms with Crippen molar-refractivity contribution in [1.82, 2.24) is 0 Å². The van der Waals surface area contributed by atoms with E-state index >= 15 is 0 Å². The first kappa shape index (κ1) is 9.36. The van der Waals surface area contributed by atoms with Gasteiger partial charge in [0.1, 0.15) is 5.60 Å². The first-order chi connectivity index (χ1) is 4.48. The molecular weight excluding hydrogens is 150 g/mol. The smallest absolute Gasteiger partial charge is 0.405 e. The molecule has 0 saturated heterocycles. The van der Waals surface area contributed by atoms with E-state index in [2.05, 4.69) is 12.2 Å². The predicted molar refractivity (Wildman–Crippen MR) is 43.0 cm³/mol. The zero-order valence-corrected chi connectivity index (χ0v) is 6.90. The van der Waals surface area contributed by atoms with Crippen molar-refractivity contribution in [3.8, 4) is 0 Å². The van der Waals surface area contributed by atoms with Gasteiger partial charge in [-0.25, -0.2) is 4.79 Å². The van der Waals surface area contributed by atoms with Crippen molar-refractivity contribution in [2.24, 2.45) is 5.73 Å². The molecule has 0 radical (unpaired) electrons. The Labute approximate surface area is 65.5 Å². The molecule has 0 fully saturated rings. The molecule has 0 aliphatic rings. The Morgan fingerprint density at radius 3 is 2.60 bits per heavy atom. The Morgan fingerprint density at radius 2 is 2.30 bits per heavy atom. The van der Waals surface area contributed by atoms with Crippen LogP contribution >= 0.6 is 12.2 Å². The number of nitrogens with two attached hydrogens (primary N) is 1. The maximum atomic E-state index is 10.2. The molecular formula is C6H11NO2S. The number of carbonyl (C=O) groups excluding carboxylic acids is 1. The van der Waals surface area contributed by atoms with Crippen LogP contribution in [0.1, 0.15) is 20.3 Å². The Kier molecular flexibility index (Phi) is 3.28. The van der Waals surface area contributed by atoms with E-state index in [0.717, 1.165) is 0 Å². The molecule has 58 valence electrons. The highest BCUT2D eigenvalue weighted by Crippen LogP contribution is 2.11. The number of hydrogen-bond donors (Lipinski definition) is 1. The Balaban J connectivity index is 3.85. The van der Waals surface area contributed by atoms with Gasteiger partial charge in [0.2, 0.25) is 0 Å². The minimum atomic E-state index is -0.762. The lowest BCUT2D eigenvalue weighted by molar-refractivity contribution is 0.0523. The van der Waals surface area contributed by atoms with Gasteiger partial charge in [-0.05, 0) is 19.2 Å². The van der Waals surface area contributed by atoms with Gasteiger partial charge >= 0.3 is 6.09 Å². The molecule has 0 heterocycles. The van der Waals surface area contributed by atoms with E-state index in [9.17, 15) is 4.79 Å². The fourth-order valence-corrected chi connectivity index (χ4v) is 0.916. The molecule has 0 aromatic carbocycles. The average molecular weight is 161 g/mol. The Bertz CT molecular complexity index is 145. The fraction of sp³-hybridized carbons (Fsp3) is 0.667. The summed E-state index contributed by atoms with van der Waals surface area (Å²) in [5.41, 5.74) is 4.24. The summed E-state index contributed by atoms with van der Waals surface area (Å²) in [4.78, 5) is 10.2. The van der Waals surface area contributed by atoms with Crippen molar-refractivity contribution in [3.05, 3.63) is 0 Å². The van der Waals surface area contributed by atoms with Crippen LogP contribution in [0.4, 0.5) is 4.79 Å². The van der Waals surface area contributed by atoms with Crippen LogP contribution in [0, 0.1) is 0 Å². The van der Waals surface area contributed by atoms with Crippen molar-refractivity contribution in [2.45, 2.75) is 25.9 Å². The number of ether oxygens (including phenoxy) is 1. The van der Waals surface area contributed by atoms with E-state index in [0.29, 0.717) is 6.42 Å². The lowest BCUT2D eigenvalue weighted by Crippen LogP contribution is -2.31. The number of rotatable bonds is 3. The van der Waals surface area contributed by atoms with E-state index in [1.165, 1.54) is 5.37 Å². The number of thiocarbonyl (C=S) groups is 1. The molecule has 0 rings (SSSR count). The predicted octanol–water partition coefficient (Wildman–Crippen LogP) is 1.25. The van der Waals surface area contributed by atoms with Crippen LogP contribution in [0.2, 0.25) is 0 Å². The Hall–Kier alpha value is -0.640. The third kappa shape index (κ3) is 4.26. The second kappa shape index (κ2) is 3.51. The molecule has 0 unspecified atom stereocenters. The minimum Gasteiger partial charge on any atom is -0.443 e. The van der Waals surface area contributed by atoms with E-state index in [1.807, 2.05) is 0 Å². The fourth-order valence-electron chi connectivity index (χ4n) is 0.515. The highest BCUT2D eigenvalue weighted by Gasteiger charge is 2.19. The SMILES string of the molecule is CC(C)(CC=S)OC(N)=O. The standard InChI is InChI=1S/C6H11NO2S/c1-6(2,3-4-10)9-5(7)8/h4H,3H2,1-2H3,(H2,7,8). The summed E-state index contributed by atoms with van der Waals surface area (Å²) in [6.07, 6.45) is -0.229. The van der Waals surface area contributed by atoms with Gasteiger partial charge in [-0.2, -0.15) is 0 Å². The summed E-state index contributed by atoms with van der Waals surface area (Å²) >= 11 is 4.60. The zero-order valence-electron chi connectivity index (χ0n) is 6.09. The van der Waals surface area contributed by atoms with Crippen LogP contribution < -0.4 is 5.73 Å². The minimum absolute atomic E-state index is 0.533. The van der Waals surface area contributed by atoms with Crippen LogP contribution in [-0.2, 0) is 4.74 Å². The second-order valence-electron chi connectivity index (χ2n) is 2.55. The molecule has 0 atom stereocenters. The summed E-state index contributed by atoms with van der Waals surface area (Å²) in [7, 11) is 0. The topological polar surface area (TPSA) is 52.3 Å². The molecule has 0 bridgehead atoms. The number of amides is 1. The molecule has 0 aliphatic carbocycles. The summed E-state index contributed by atoms with van der Waals surface area (Å²) < 4.78 is 4.72. The molecule has 0 spiro atoms. The zero-order chi connectivity index (χ0) is 8.20. The highest BCUT2D eigenvalue weighted by atomic mass is 32.1. The molecule has 10 heavy (non-hydrogen) atoms. The van der Waals surface area contributed by atoms with E-state index in [1.54, 1.807) is 13.8 Å². The molecule has 0 aromatic rings. The second-order valence-corrected chi connectivity index (χ2v) is 2.88. The highest BCUT2D eigenvalue weighted by molar-refractivity contribution is 7.78. The van der Waals surface area contributed by atoms with Crippen LogP contribution in [0.5, 0.6) is 0 Å².